The van der Waals surface area contributed by atoms with Gasteiger partial charge in [-0.1, -0.05) is 49.4 Å². The molecule has 146 valence electrons. The maximum absolute atomic E-state index is 14.4. The van der Waals surface area contributed by atoms with Gasteiger partial charge in [0, 0.05) is 6.04 Å². The number of carbonyl (C=O) groups is 1. The minimum Gasteiger partial charge on any atom is -0.353 e. The van der Waals surface area contributed by atoms with Crippen LogP contribution in [-0.4, -0.2) is 27.3 Å². The molecule has 0 unspecified atom stereocenters. The molecule has 2 aromatic carbocycles. The predicted molar refractivity (Wildman–Crippen MR) is 111 cm³/mol. The Bertz CT molecular complexity index is 1050. The Morgan fingerprint density at radius 2 is 1.93 bits per heavy atom. The number of hydrogen-bond donors (Lipinski definition) is 1. The molecule has 5 nitrogen and oxygen atoms in total. The Labute approximate surface area is 167 Å². The highest BCUT2D eigenvalue weighted by atomic mass is 32.2. The van der Waals surface area contributed by atoms with E-state index in [0.29, 0.717) is 10.9 Å². The summed E-state index contributed by atoms with van der Waals surface area (Å²) in [6, 6.07) is 13.1. The summed E-state index contributed by atoms with van der Waals surface area (Å²) in [4.78, 5) is 29.8. The van der Waals surface area contributed by atoms with Crippen molar-refractivity contribution in [2.45, 2.75) is 37.9 Å². The van der Waals surface area contributed by atoms with E-state index in [9.17, 15) is 14.0 Å². The Balaban J connectivity index is 1.99. The lowest BCUT2D eigenvalue weighted by Crippen LogP contribution is -2.34. The number of nitrogens with one attached hydrogen (secondary N) is 1. The summed E-state index contributed by atoms with van der Waals surface area (Å²) in [7, 11) is 0. The Morgan fingerprint density at radius 3 is 2.68 bits per heavy atom. The monoisotopic (exact) mass is 399 g/mol. The van der Waals surface area contributed by atoms with Gasteiger partial charge in [-0.05, 0) is 37.6 Å². The number of aromatic nitrogens is 2. The number of fused-ring (bicyclic) bond motifs is 1. The molecule has 3 aromatic rings. The number of benzene rings is 2. The van der Waals surface area contributed by atoms with Crippen molar-refractivity contribution in [3.05, 3.63) is 64.7 Å². The normalized spacial score (nSPS) is 12.1. The van der Waals surface area contributed by atoms with E-state index in [-0.39, 0.29) is 34.1 Å². The molecule has 0 aliphatic carbocycles. The third-order valence-electron chi connectivity index (χ3n) is 4.30. The zero-order chi connectivity index (χ0) is 20.1. The molecule has 1 heterocycles. The molecule has 0 saturated carbocycles. The Hall–Kier alpha value is -2.67. The van der Waals surface area contributed by atoms with Crippen LogP contribution in [0.1, 0.15) is 26.7 Å². The smallest absolute Gasteiger partial charge is 0.266 e. The van der Waals surface area contributed by atoms with E-state index in [1.807, 2.05) is 6.92 Å². The number of amides is 1. The minimum atomic E-state index is -0.524. The number of nitrogens with zero attached hydrogens (tertiary/aromatic N) is 2. The third kappa shape index (κ3) is 4.42. The van der Waals surface area contributed by atoms with Crippen LogP contribution < -0.4 is 10.9 Å². The van der Waals surface area contributed by atoms with Crippen molar-refractivity contribution in [3.8, 4) is 5.69 Å². The van der Waals surface area contributed by atoms with Gasteiger partial charge in [0.1, 0.15) is 5.82 Å². The van der Waals surface area contributed by atoms with Gasteiger partial charge in [-0.25, -0.2) is 9.37 Å². The standard InChI is InChI=1S/C21H22FN3O2S/c1-3-8-14(2)23-19(26)13-28-21-24-17-11-6-4-9-15(17)20(27)25(21)18-12-7-5-10-16(18)22/h4-7,9-12,14H,3,8,13H2,1-2H3,(H,23,26)/t14-/m1/s1. The Morgan fingerprint density at radius 1 is 1.21 bits per heavy atom. The van der Waals surface area contributed by atoms with E-state index in [1.165, 1.54) is 16.7 Å². The summed E-state index contributed by atoms with van der Waals surface area (Å²) >= 11 is 1.12. The van der Waals surface area contributed by atoms with Crippen LogP contribution in [0.25, 0.3) is 16.6 Å². The van der Waals surface area contributed by atoms with E-state index < -0.39 is 5.82 Å². The average Bonchev–Trinajstić information content (AvgIpc) is 2.67. The van der Waals surface area contributed by atoms with Gasteiger partial charge in [0.05, 0.1) is 22.3 Å². The second-order valence-corrected chi connectivity index (χ2v) is 7.49. The molecule has 0 aliphatic heterocycles. The van der Waals surface area contributed by atoms with Crippen molar-refractivity contribution in [1.29, 1.82) is 0 Å². The van der Waals surface area contributed by atoms with Gasteiger partial charge in [0.15, 0.2) is 5.16 Å². The lowest BCUT2D eigenvalue weighted by Gasteiger charge is -2.15. The van der Waals surface area contributed by atoms with Crippen molar-refractivity contribution in [2.75, 3.05) is 5.75 Å². The van der Waals surface area contributed by atoms with Crippen molar-refractivity contribution in [1.82, 2.24) is 14.9 Å². The number of thioether (sulfide) groups is 1. The van der Waals surface area contributed by atoms with E-state index in [2.05, 4.69) is 17.2 Å². The fraction of sp³-hybridized carbons (Fsp3) is 0.286. The van der Waals surface area contributed by atoms with E-state index in [0.717, 1.165) is 24.6 Å². The van der Waals surface area contributed by atoms with Gasteiger partial charge in [-0.2, -0.15) is 0 Å². The molecular formula is C21H22FN3O2S. The summed E-state index contributed by atoms with van der Waals surface area (Å²) in [6.07, 6.45) is 1.87. The van der Waals surface area contributed by atoms with Gasteiger partial charge in [-0.3, -0.25) is 14.2 Å². The Kier molecular flexibility index (Phi) is 6.46. The molecular weight excluding hydrogens is 377 g/mol. The number of halogens is 1. The molecule has 1 atom stereocenters. The van der Waals surface area contributed by atoms with E-state index in [4.69, 9.17) is 0 Å². The number of para-hydroxylation sites is 2. The molecule has 1 amide bonds. The average molecular weight is 399 g/mol. The molecule has 0 spiro atoms. The third-order valence-corrected chi connectivity index (χ3v) is 5.24. The first kappa shape index (κ1) is 20.1. The molecule has 1 N–H and O–H groups in total. The van der Waals surface area contributed by atoms with Crippen LogP contribution in [0.15, 0.2) is 58.5 Å². The van der Waals surface area contributed by atoms with E-state index >= 15 is 0 Å². The molecule has 3 rings (SSSR count). The van der Waals surface area contributed by atoms with Gasteiger partial charge >= 0.3 is 0 Å². The highest BCUT2D eigenvalue weighted by Crippen LogP contribution is 2.22. The van der Waals surface area contributed by atoms with Gasteiger partial charge in [0.2, 0.25) is 5.91 Å². The molecule has 0 bridgehead atoms. The highest BCUT2D eigenvalue weighted by molar-refractivity contribution is 7.99. The minimum absolute atomic E-state index is 0.0800. The quantitative estimate of drug-likeness (QED) is 0.483. The lowest BCUT2D eigenvalue weighted by atomic mass is 10.2. The van der Waals surface area contributed by atoms with Crippen LogP contribution >= 0.6 is 11.8 Å². The number of rotatable bonds is 7. The lowest BCUT2D eigenvalue weighted by molar-refractivity contribution is -0.119. The van der Waals surface area contributed by atoms with Crippen LogP contribution in [0.2, 0.25) is 0 Å². The van der Waals surface area contributed by atoms with Crippen molar-refractivity contribution in [3.63, 3.8) is 0 Å². The molecule has 0 radical (unpaired) electrons. The largest absolute Gasteiger partial charge is 0.353 e. The van der Waals surface area contributed by atoms with E-state index in [1.54, 1.807) is 36.4 Å². The molecule has 28 heavy (non-hydrogen) atoms. The number of carbonyl (C=O) groups excluding carboxylic acids is 1. The summed E-state index contributed by atoms with van der Waals surface area (Å²) in [5, 5.41) is 3.61. The van der Waals surface area contributed by atoms with Crippen LogP contribution in [0.5, 0.6) is 0 Å². The van der Waals surface area contributed by atoms with Crippen LogP contribution in [0.4, 0.5) is 4.39 Å². The van der Waals surface area contributed by atoms with Crippen LogP contribution in [0, 0.1) is 5.82 Å². The summed E-state index contributed by atoms with van der Waals surface area (Å²) in [5.41, 5.74) is 0.272. The van der Waals surface area contributed by atoms with Crippen molar-refractivity contribution >= 4 is 28.6 Å². The molecule has 0 fully saturated rings. The van der Waals surface area contributed by atoms with Gasteiger partial charge in [0.25, 0.3) is 5.56 Å². The highest BCUT2D eigenvalue weighted by Gasteiger charge is 2.17. The van der Waals surface area contributed by atoms with Gasteiger partial charge < -0.3 is 5.32 Å². The molecule has 0 saturated heterocycles. The first-order valence-corrected chi connectivity index (χ1v) is 10.2. The summed E-state index contributed by atoms with van der Waals surface area (Å²) < 4.78 is 15.7. The second kappa shape index (κ2) is 9.01. The van der Waals surface area contributed by atoms with Crippen molar-refractivity contribution < 1.29 is 9.18 Å². The zero-order valence-corrected chi connectivity index (χ0v) is 16.6. The van der Waals surface area contributed by atoms with Crippen molar-refractivity contribution in [2.24, 2.45) is 0 Å². The fourth-order valence-electron chi connectivity index (χ4n) is 3.01. The maximum atomic E-state index is 14.4. The zero-order valence-electron chi connectivity index (χ0n) is 15.8. The van der Waals surface area contributed by atoms with Crippen LogP contribution in [0.3, 0.4) is 0 Å². The SMILES string of the molecule is CCC[C@@H](C)NC(=O)CSc1nc2ccccc2c(=O)n1-c1ccccc1F. The molecule has 1 aromatic heterocycles. The molecule has 7 heteroatoms. The molecule has 0 aliphatic rings. The first-order valence-electron chi connectivity index (χ1n) is 9.20. The first-order chi connectivity index (χ1) is 13.5. The predicted octanol–water partition coefficient (Wildman–Crippen LogP) is 3.92. The summed E-state index contributed by atoms with van der Waals surface area (Å²) in [6.45, 7) is 4.01. The summed E-state index contributed by atoms with van der Waals surface area (Å²) in [5.74, 6) is -0.578. The van der Waals surface area contributed by atoms with Crippen LogP contribution in [-0.2, 0) is 4.79 Å². The topological polar surface area (TPSA) is 64.0 Å². The maximum Gasteiger partial charge on any atom is 0.266 e. The number of hydrogen-bond acceptors (Lipinski definition) is 4. The van der Waals surface area contributed by atoms with Gasteiger partial charge in [-0.15, -0.1) is 0 Å². The second-order valence-electron chi connectivity index (χ2n) is 6.55. The fourth-order valence-corrected chi connectivity index (χ4v) is 3.82.